The zero-order valence-corrected chi connectivity index (χ0v) is 46.5. The van der Waals surface area contributed by atoms with E-state index < -0.39 is 6.10 Å². The molecule has 0 fully saturated rings. The molecule has 0 aliphatic heterocycles. The number of ether oxygens (including phenoxy) is 3. The number of allylic oxidation sites excluding steroid dienone is 16. The molecule has 1 atom stereocenters. The Hall–Kier alpha value is -3.67. The second kappa shape index (κ2) is 58.9. The van der Waals surface area contributed by atoms with Crippen LogP contribution in [0.4, 0.5) is 0 Å². The fourth-order valence-electron chi connectivity index (χ4n) is 8.08. The van der Waals surface area contributed by atoms with Crippen molar-refractivity contribution >= 4 is 17.9 Å². The molecule has 0 N–H and O–H groups in total. The maximum absolute atomic E-state index is 12.8. The number of carbonyl (C=O) groups is 3. The van der Waals surface area contributed by atoms with Crippen LogP contribution in [0, 0.1) is 0 Å². The molecule has 0 radical (unpaired) electrons. The lowest BCUT2D eigenvalue weighted by molar-refractivity contribution is -0.166. The predicted octanol–water partition coefficient (Wildman–Crippen LogP) is 20.1. The van der Waals surface area contributed by atoms with Gasteiger partial charge in [0.1, 0.15) is 13.2 Å². The van der Waals surface area contributed by atoms with Gasteiger partial charge in [0, 0.05) is 19.3 Å². The molecule has 406 valence electrons. The first-order valence-electron chi connectivity index (χ1n) is 29.7. The minimum Gasteiger partial charge on any atom is -0.462 e. The topological polar surface area (TPSA) is 78.9 Å². The van der Waals surface area contributed by atoms with Crippen LogP contribution in [0.2, 0.25) is 0 Å². The Morgan fingerprint density at radius 1 is 0.282 bits per heavy atom. The smallest absolute Gasteiger partial charge is 0.306 e. The average Bonchev–Trinajstić information content (AvgIpc) is 3.37. The highest BCUT2D eigenvalue weighted by Crippen LogP contribution is 2.16. The maximum Gasteiger partial charge on any atom is 0.306 e. The summed E-state index contributed by atoms with van der Waals surface area (Å²) < 4.78 is 16.8. The number of esters is 3. The van der Waals surface area contributed by atoms with Crippen LogP contribution in [0.15, 0.2) is 97.2 Å². The molecular weight excluding hydrogens is 877 g/mol. The standard InChI is InChI=1S/C65H110O6/c1-4-7-10-13-16-19-22-25-28-30-32-34-37-39-42-45-48-51-54-57-63(66)69-60-62(71-65(68)59-56-53-50-47-44-41-36-27-24-21-18-15-12-9-6-3)61-70-64(67)58-55-52-49-46-43-40-38-35-33-31-29-26-23-20-17-14-11-8-5-2/h16,18-19,21,25,27-28,32,34,36,39,42,44,47-48,51,62H,4-15,17,20,22-24,26,29-31,33,35,37-38,40-41,43,45-46,49-50,52-61H2,1-3H3/b19-16-,21-18-,28-25-,34-32-,36-27-,42-39-,47-44-,51-48-/t62-/m1/s1. The van der Waals surface area contributed by atoms with Gasteiger partial charge in [-0.1, -0.05) is 259 Å². The SMILES string of the molecule is CCCCC/C=C\C/C=C\C/C=C\C/C=C\C/C=C\CCC(=O)OC[C@H](COC(=O)CCCCCCCCCCCCCCCCCCCCC)OC(=O)CCCC/C=C\C/C=C\C/C=C\CCCCC. The number of rotatable bonds is 53. The van der Waals surface area contributed by atoms with E-state index in [1.54, 1.807) is 0 Å². The monoisotopic (exact) mass is 987 g/mol. The Bertz CT molecular complexity index is 1410. The molecule has 0 bridgehead atoms. The van der Waals surface area contributed by atoms with E-state index in [1.807, 2.05) is 6.08 Å². The highest BCUT2D eigenvalue weighted by Gasteiger charge is 2.19. The van der Waals surface area contributed by atoms with Crippen molar-refractivity contribution in [3.63, 3.8) is 0 Å². The molecule has 0 spiro atoms. The second-order valence-electron chi connectivity index (χ2n) is 19.6. The van der Waals surface area contributed by atoms with E-state index in [4.69, 9.17) is 14.2 Å². The normalized spacial score (nSPS) is 12.8. The molecule has 6 nitrogen and oxygen atoms in total. The Morgan fingerprint density at radius 3 is 0.901 bits per heavy atom. The quantitative estimate of drug-likeness (QED) is 0.0261. The predicted molar refractivity (Wildman–Crippen MR) is 307 cm³/mol. The van der Waals surface area contributed by atoms with E-state index >= 15 is 0 Å². The lowest BCUT2D eigenvalue weighted by Gasteiger charge is -2.18. The van der Waals surface area contributed by atoms with Gasteiger partial charge >= 0.3 is 17.9 Å². The molecular formula is C65H110O6. The van der Waals surface area contributed by atoms with Crippen LogP contribution in [0.1, 0.15) is 278 Å². The third kappa shape index (κ3) is 57.1. The molecule has 0 aromatic carbocycles. The van der Waals surface area contributed by atoms with Gasteiger partial charge in [-0.2, -0.15) is 0 Å². The number of carbonyl (C=O) groups excluding carboxylic acids is 3. The van der Waals surface area contributed by atoms with Gasteiger partial charge in [0.25, 0.3) is 0 Å². The van der Waals surface area contributed by atoms with Crippen LogP contribution in [-0.4, -0.2) is 37.2 Å². The van der Waals surface area contributed by atoms with Crippen molar-refractivity contribution in [2.24, 2.45) is 0 Å². The summed E-state index contributed by atoms with van der Waals surface area (Å²) >= 11 is 0. The van der Waals surface area contributed by atoms with E-state index in [0.29, 0.717) is 19.3 Å². The van der Waals surface area contributed by atoms with Gasteiger partial charge in [-0.3, -0.25) is 14.4 Å². The lowest BCUT2D eigenvalue weighted by atomic mass is 10.0. The molecule has 6 heteroatoms. The number of unbranched alkanes of at least 4 members (excludes halogenated alkanes) is 26. The van der Waals surface area contributed by atoms with E-state index in [9.17, 15) is 14.4 Å². The largest absolute Gasteiger partial charge is 0.462 e. The highest BCUT2D eigenvalue weighted by atomic mass is 16.6. The molecule has 0 saturated heterocycles. The molecule has 0 aromatic heterocycles. The maximum atomic E-state index is 12.8. The van der Waals surface area contributed by atoms with Crippen molar-refractivity contribution in [3.8, 4) is 0 Å². The van der Waals surface area contributed by atoms with E-state index in [1.165, 1.54) is 154 Å². The van der Waals surface area contributed by atoms with Gasteiger partial charge in [0.15, 0.2) is 6.10 Å². The van der Waals surface area contributed by atoms with E-state index in [-0.39, 0.29) is 44.0 Å². The van der Waals surface area contributed by atoms with Crippen LogP contribution in [0.25, 0.3) is 0 Å². The minimum atomic E-state index is -0.827. The Morgan fingerprint density at radius 2 is 0.535 bits per heavy atom. The van der Waals surface area contributed by atoms with E-state index in [0.717, 1.165) is 70.6 Å². The van der Waals surface area contributed by atoms with Crippen molar-refractivity contribution in [3.05, 3.63) is 97.2 Å². The van der Waals surface area contributed by atoms with Gasteiger partial charge in [-0.05, 0) is 96.3 Å². The summed E-state index contributed by atoms with van der Waals surface area (Å²) in [5.74, 6) is -1.03. The summed E-state index contributed by atoms with van der Waals surface area (Å²) in [5.41, 5.74) is 0. The third-order valence-electron chi connectivity index (χ3n) is 12.6. The van der Waals surface area contributed by atoms with Crippen molar-refractivity contribution in [1.29, 1.82) is 0 Å². The zero-order chi connectivity index (χ0) is 51.4. The molecule has 0 aromatic rings. The summed E-state index contributed by atoms with van der Waals surface area (Å²) in [6.07, 6.45) is 78.4. The summed E-state index contributed by atoms with van der Waals surface area (Å²) in [5, 5.41) is 0. The summed E-state index contributed by atoms with van der Waals surface area (Å²) in [6.45, 7) is 6.51. The summed E-state index contributed by atoms with van der Waals surface area (Å²) in [6, 6.07) is 0. The van der Waals surface area contributed by atoms with Crippen LogP contribution in [-0.2, 0) is 28.6 Å². The first kappa shape index (κ1) is 67.3. The first-order valence-corrected chi connectivity index (χ1v) is 29.7. The van der Waals surface area contributed by atoms with Crippen molar-refractivity contribution in [2.75, 3.05) is 13.2 Å². The van der Waals surface area contributed by atoms with Gasteiger partial charge in [-0.15, -0.1) is 0 Å². The van der Waals surface area contributed by atoms with Gasteiger partial charge in [-0.25, -0.2) is 0 Å². The van der Waals surface area contributed by atoms with Crippen LogP contribution >= 0.6 is 0 Å². The van der Waals surface area contributed by atoms with Crippen molar-refractivity contribution in [2.45, 2.75) is 284 Å². The molecule has 0 aliphatic carbocycles. The fourth-order valence-corrected chi connectivity index (χ4v) is 8.08. The number of hydrogen-bond acceptors (Lipinski definition) is 6. The summed E-state index contributed by atoms with van der Waals surface area (Å²) in [7, 11) is 0. The Balaban J connectivity index is 4.51. The van der Waals surface area contributed by atoms with Crippen LogP contribution < -0.4 is 0 Å². The Kier molecular flexibility index (Phi) is 55.9. The molecule has 0 amide bonds. The van der Waals surface area contributed by atoms with E-state index in [2.05, 4.69) is 112 Å². The number of hydrogen-bond donors (Lipinski definition) is 0. The minimum absolute atomic E-state index is 0.114. The third-order valence-corrected chi connectivity index (χ3v) is 12.6. The zero-order valence-electron chi connectivity index (χ0n) is 46.5. The molecule has 0 aliphatic rings. The van der Waals surface area contributed by atoms with Crippen molar-refractivity contribution < 1.29 is 28.6 Å². The average molecular weight is 988 g/mol. The fraction of sp³-hybridized carbons (Fsp3) is 0.708. The summed E-state index contributed by atoms with van der Waals surface area (Å²) in [4.78, 5) is 38.1. The van der Waals surface area contributed by atoms with Gasteiger partial charge < -0.3 is 14.2 Å². The highest BCUT2D eigenvalue weighted by molar-refractivity contribution is 5.71. The molecule has 0 unspecified atom stereocenters. The molecule has 0 rings (SSSR count). The second-order valence-corrected chi connectivity index (χ2v) is 19.6. The Labute approximate surface area is 438 Å². The first-order chi connectivity index (χ1) is 35.0. The van der Waals surface area contributed by atoms with Crippen LogP contribution in [0.3, 0.4) is 0 Å². The van der Waals surface area contributed by atoms with Gasteiger partial charge in [0.05, 0.1) is 0 Å². The van der Waals surface area contributed by atoms with Crippen molar-refractivity contribution in [1.82, 2.24) is 0 Å². The van der Waals surface area contributed by atoms with Crippen LogP contribution in [0.5, 0.6) is 0 Å². The molecule has 0 saturated carbocycles. The molecule has 0 heterocycles. The van der Waals surface area contributed by atoms with Gasteiger partial charge in [0.2, 0.25) is 0 Å². The lowest BCUT2D eigenvalue weighted by Crippen LogP contribution is -2.30. The molecule has 71 heavy (non-hydrogen) atoms.